The van der Waals surface area contributed by atoms with Gasteiger partial charge in [-0.15, -0.1) is 0 Å². The summed E-state index contributed by atoms with van der Waals surface area (Å²) in [5.74, 6) is 1.09. The van der Waals surface area contributed by atoms with Gasteiger partial charge in [0.1, 0.15) is 17.2 Å². The largest absolute Gasteiger partial charge is 0.495 e. The molecule has 0 aliphatic carbocycles. The first-order chi connectivity index (χ1) is 11.5. The van der Waals surface area contributed by atoms with Crippen molar-refractivity contribution in [2.75, 3.05) is 26.1 Å². The molecule has 2 aromatic carbocycles. The number of hydrogen-bond donors (Lipinski definition) is 1. The average Bonchev–Trinajstić information content (AvgIpc) is 2.54. The van der Waals surface area contributed by atoms with E-state index in [1.807, 2.05) is 18.2 Å². The van der Waals surface area contributed by atoms with Gasteiger partial charge in [0.05, 0.1) is 33.9 Å². The molecule has 0 heterocycles. The van der Waals surface area contributed by atoms with Crippen LogP contribution in [0.25, 0.3) is 0 Å². The summed E-state index contributed by atoms with van der Waals surface area (Å²) < 4.78 is 17.4. The van der Waals surface area contributed by atoms with Gasteiger partial charge in [0, 0.05) is 6.07 Å². The molecule has 5 nitrogen and oxygen atoms in total. The lowest BCUT2D eigenvalue weighted by atomic mass is 10.2. The Bertz CT molecular complexity index is 735. The third-order valence-electron chi connectivity index (χ3n) is 3.01. The molecule has 0 aliphatic rings. The summed E-state index contributed by atoms with van der Waals surface area (Å²) in [5.41, 5.74) is 0.433. The van der Waals surface area contributed by atoms with Crippen LogP contribution < -0.4 is 19.5 Å². The highest BCUT2D eigenvalue weighted by Crippen LogP contribution is 2.36. The van der Waals surface area contributed by atoms with Crippen LogP contribution in [-0.4, -0.2) is 26.7 Å². The van der Waals surface area contributed by atoms with E-state index in [4.69, 9.17) is 25.8 Å². The fourth-order valence-corrected chi connectivity index (χ4v) is 3.37. The zero-order valence-electron chi connectivity index (χ0n) is 12.9. The Balaban J connectivity index is 2.09. The van der Waals surface area contributed by atoms with E-state index >= 15 is 0 Å². The van der Waals surface area contributed by atoms with Crippen molar-refractivity contribution in [2.24, 2.45) is 0 Å². The topological polar surface area (TPSA) is 56.8 Å². The highest BCUT2D eigenvalue weighted by atomic mass is 79.9. The number of ether oxygens (including phenoxy) is 3. The number of methoxy groups -OCH3 is 2. The molecular weight excluding hydrogens is 465 g/mol. The number of benzene rings is 2. The number of anilines is 1. The fraction of sp³-hybridized carbons (Fsp3) is 0.188. The van der Waals surface area contributed by atoms with Gasteiger partial charge in [-0.2, -0.15) is 0 Å². The SMILES string of the molecule is COc1cc(OC)c(NC(=O)COc2c(Br)cccc2Br)cc1Cl. The highest BCUT2D eigenvalue weighted by molar-refractivity contribution is 9.11. The molecule has 0 unspecified atom stereocenters. The Morgan fingerprint density at radius 3 is 2.33 bits per heavy atom. The number of carbonyl (C=O) groups excluding carboxylic acids is 1. The number of rotatable bonds is 6. The molecule has 128 valence electrons. The lowest BCUT2D eigenvalue weighted by molar-refractivity contribution is -0.118. The van der Waals surface area contributed by atoms with Crippen molar-refractivity contribution >= 4 is 55.1 Å². The molecule has 0 spiro atoms. The molecule has 1 N–H and O–H groups in total. The summed E-state index contributed by atoms with van der Waals surface area (Å²) in [6.07, 6.45) is 0. The third kappa shape index (κ3) is 4.55. The van der Waals surface area contributed by atoms with Crippen molar-refractivity contribution < 1.29 is 19.0 Å². The van der Waals surface area contributed by atoms with Crippen molar-refractivity contribution in [1.29, 1.82) is 0 Å². The Labute approximate surface area is 161 Å². The summed E-state index contributed by atoms with van der Waals surface area (Å²) in [4.78, 5) is 12.1. The Morgan fingerprint density at radius 2 is 1.75 bits per heavy atom. The molecular formula is C16H14Br2ClNO4. The lowest BCUT2D eigenvalue weighted by Crippen LogP contribution is -2.20. The third-order valence-corrected chi connectivity index (χ3v) is 4.56. The molecule has 0 aliphatic heterocycles. The summed E-state index contributed by atoms with van der Waals surface area (Å²) >= 11 is 12.8. The molecule has 0 aromatic heterocycles. The fourth-order valence-electron chi connectivity index (χ4n) is 1.90. The quantitative estimate of drug-likeness (QED) is 0.641. The number of carbonyl (C=O) groups is 1. The van der Waals surface area contributed by atoms with Crippen molar-refractivity contribution in [1.82, 2.24) is 0 Å². The molecule has 0 atom stereocenters. The first-order valence-corrected chi connectivity index (χ1v) is 8.70. The van der Waals surface area contributed by atoms with E-state index < -0.39 is 0 Å². The predicted molar refractivity (Wildman–Crippen MR) is 101 cm³/mol. The summed E-state index contributed by atoms with van der Waals surface area (Å²) in [7, 11) is 3.00. The van der Waals surface area contributed by atoms with Crippen molar-refractivity contribution in [3.8, 4) is 17.2 Å². The Kier molecular flexibility index (Phi) is 6.77. The maximum atomic E-state index is 12.1. The minimum atomic E-state index is -0.350. The van der Waals surface area contributed by atoms with Gasteiger partial charge in [0.25, 0.3) is 5.91 Å². The van der Waals surface area contributed by atoms with Crippen LogP contribution in [0.4, 0.5) is 5.69 Å². The number of nitrogens with one attached hydrogen (secondary N) is 1. The highest BCUT2D eigenvalue weighted by Gasteiger charge is 2.14. The van der Waals surface area contributed by atoms with Crippen LogP contribution in [-0.2, 0) is 4.79 Å². The van der Waals surface area contributed by atoms with E-state index in [2.05, 4.69) is 37.2 Å². The van der Waals surface area contributed by atoms with Gasteiger partial charge in [0.15, 0.2) is 6.61 Å². The summed E-state index contributed by atoms with van der Waals surface area (Å²) in [6.45, 7) is -0.173. The summed E-state index contributed by atoms with van der Waals surface area (Å²) in [5, 5.41) is 3.07. The first kappa shape index (κ1) is 18.9. The van der Waals surface area contributed by atoms with Crippen LogP contribution >= 0.6 is 43.5 Å². The zero-order valence-corrected chi connectivity index (χ0v) is 16.8. The van der Waals surface area contributed by atoms with Gasteiger partial charge in [-0.05, 0) is 50.1 Å². The summed E-state index contributed by atoms with van der Waals surface area (Å²) in [6, 6.07) is 8.66. The first-order valence-electron chi connectivity index (χ1n) is 6.74. The maximum absolute atomic E-state index is 12.1. The maximum Gasteiger partial charge on any atom is 0.262 e. The van der Waals surface area contributed by atoms with E-state index in [0.717, 1.165) is 8.95 Å². The van der Waals surface area contributed by atoms with Gasteiger partial charge in [-0.3, -0.25) is 4.79 Å². The molecule has 0 fully saturated rings. The molecule has 8 heteroatoms. The number of hydrogen-bond acceptors (Lipinski definition) is 4. The second-order valence-electron chi connectivity index (χ2n) is 4.57. The second-order valence-corrected chi connectivity index (χ2v) is 6.69. The molecule has 24 heavy (non-hydrogen) atoms. The van der Waals surface area contributed by atoms with E-state index in [9.17, 15) is 4.79 Å². The van der Waals surface area contributed by atoms with Crippen molar-refractivity contribution in [3.05, 3.63) is 44.3 Å². The molecule has 0 saturated carbocycles. The van der Waals surface area contributed by atoms with Crippen LogP contribution in [0.3, 0.4) is 0 Å². The second kappa shape index (κ2) is 8.60. The van der Waals surface area contributed by atoms with Gasteiger partial charge in [0.2, 0.25) is 0 Å². The molecule has 2 aromatic rings. The smallest absolute Gasteiger partial charge is 0.262 e. The van der Waals surface area contributed by atoms with Crippen LogP contribution in [0.1, 0.15) is 0 Å². The molecule has 0 radical (unpaired) electrons. The number of amides is 1. The molecule has 2 rings (SSSR count). The van der Waals surface area contributed by atoms with E-state index in [1.165, 1.54) is 14.2 Å². The van der Waals surface area contributed by atoms with Crippen molar-refractivity contribution in [3.63, 3.8) is 0 Å². The number of halogens is 3. The van der Waals surface area contributed by atoms with Gasteiger partial charge < -0.3 is 19.5 Å². The van der Waals surface area contributed by atoms with Gasteiger partial charge >= 0.3 is 0 Å². The molecule has 0 saturated heterocycles. The molecule has 0 bridgehead atoms. The normalized spacial score (nSPS) is 10.2. The van der Waals surface area contributed by atoms with E-state index in [0.29, 0.717) is 28.0 Å². The van der Waals surface area contributed by atoms with Crippen LogP contribution in [0.2, 0.25) is 5.02 Å². The van der Waals surface area contributed by atoms with Crippen LogP contribution in [0.5, 0.6) is 17.2 Å². The van der Waals surface area contributed by atoms with Crippen LogP contribution in [0.15, 0.2) is 39.3 Å². The van der Waals surface area contributed by atoms with E-state index in [1.54, 1.807) is 12.1 Å². The van der Waals surface area contributed by atoms with Crippen molar-refractivity contribution in [2.45, 2.75) is 0 Å². The standard InChI is InChI=1S/C16H14Br2ClNO4/c1-22-13-7-14(23-2)12(6-11(13)19)20-15(21)8-24-16-9(17)4-3-5-10(16)18/h3-7H,8H2,1-2H3,(H,20,21). The molecule has 1 amide bonds. The monoisotopic (exact) mass is 477 g/mol. The van der Waals surface area contributed by atoms with Gasteiger partial charge in [-0.25, -0.2) is 0 Å². The zero-order chi connectivity index (χ0) is 17.7. The van der Waals surface area contributed by atoms with Gasteiger partial charge in [-0.1, -0.05) is 17.7 Å². The Morgan fingerprint density at radius 1 is 1.12 bits per heavy atom. The minimum Gasteiger partial charge on any atom is -0.495 e. The van der Waals surface area contributed by atoms with E-state index in [-0.39, 0.29) is 12.5 Å². The minimum absolute atomic E-state index is 0.173. The average molecular weight is 480 g/mol. The number of para-hydroxylation sites is 1. The Hall–Kier alpha value is -1.44. The predicted octanol–water partition coefficient (Wildman–Crippen LogP) is 4.90. The lowest BCUT2D eigenvalue weighted by Gasteiger charge is -2.14. The van der Waals surface area contributed by atoms with Crippen LogP contribution in [0, 0.1) is 0 Å².